The Morgan fingerprint density at radius 2 is 1.89 bits per heavy atom. The van der Waals surface area contributed by atoms with Crippen molar-refractivity contribution in [1.82, 2.24) is 10.6 Å². The number of piperidine rings is 1. The average molecular weight is 411 g/mol. The van der Waals surface area contributed by atoms with E-state index in [0.29, 0.717) is 18.4 Å². The molecular formula is C22H35ClN2O3. The summed E-state index contributed by atoms with van der Waals surface area (Å²) in [7, 11) is 1.67. The van der Waals surface area contributed by atoms with Crippen LogP contribution < -0.4 is 20.1 Å². The van der Waals surface area contributed by atoms with Crippen molar-refractivity contribution in [3.8, 4) is 11.5 Å². The molecule has 1 aromatic rings. The molecule has 158 valence electrons. The Hall–Kier alpha value is -1.46. The van der Waals surface area contributed by atoms with Gasteiger partial charge in [0.05, 0.1) is 19.3 Å². The monoisotopic (exact) mass is 410 g/mol. The van der Waals surface area contributed by atoms with E-state index in [2.05, 4.69) is 10.6 Å². The lowest BCUT2D eigenvalue weighted by molar-refractivity contribution is -0.122. The number of ether oxygens (including phenoxy) is 2. The number of amides is 1. The molecule has 28 heavy (non-hydrogen) atoms. The quantitative estimate of drug-likeness (QED) is 0.667. The fourth-order valence-electron chi connectivity index (χ4n) is 4.14. The van der Waals surface area contributed by atoms with Gasteiger partial charge in [0.1, 0.15) is 0 Å². The van der Waals surface area contributed by atoms with Crippen LogP contribution in [0.4, 0.5) is 0 Å². The minimum absolute atomic E-state index is 0. The van der Waals surface area contributed by atoms with Crippen LogP contribution in [-0.2, 0) is 4.79 Å². The molecule has 5 nitrogen and oxygen atoms in total. The minimum atomic E-state index is -0.0417. The van der Waals surface area contributed by atoms with E-state index in [9.17, 15) is 4.79 Å². The zero-order valence-electron chi connectivity index (χ0n) is 17.2. The number of nitrogens with one attached hydrogen (secondary N) is 2. The van der Waals surface area contributed by atoms with Gasteiger partial charge in [-0.15, -0.1) is 12.4 Å². The molecule has 1 heterocycles. The van der Waals surface area contributed by atoms with E-state index in [1.165, 1.54) is 25.7 Å². The second-order valence-electron chi connectivity index (χ2n) is 7.96. The summed E-state index contributed by atoms with van der Waals surface area (Å²) >= 11 is 0. The van der Waals surface area contributed by atoms with Gasteiger partial charge in [0.25, 0.3) is 0 Å². The van der Waals surface area contributed by atoms with Crippen LogP contribution in [0.5, 0.6) is 11.5 Å². The third-order valence-corrected chi connectivity index (χ3v) is 5.90. The number of halogens is 1. The number of hydrogen-bond donors (Lipinski definition) is 2. The summed E-state index contributed by atoms with van der Waals surface area (Å²) in [5, 5.41) is 6.50. The van der Waals surface area contributed by atoms with Crippen molar-refractivity contribution in [3.05, 3.63) is 23.8 Å². The lowest BCUT2D eigenvalue weighted by atomic mass is 9.93. The summed E-state index contributed by atoms with van der Waals surface area (Å²) in [5.41, 5.74) is 1.04. The van der Waals surface area contributed by atoms with Gasteiger partial charge in [-0.1, -0.05) is 6.07 Å². The van der Waals surface area contributed by atoms with Gasteiger partial charge >= 0.3 is 0 Å². The van der Waals surface area contributed by atoms with Crippen molar-refractivity contribution in [2.24, 2.45) is 5.92 Å². The standard InChI is InChI=1S/C22H34N2O3.ClH/c1-16(24-22(25)10-7-17-11-13-23-14-12-17)18-8-9-20(21(15-18)26-2)27-19-5-3-4-6-19;/h8-9,15-17,19,23H,3-7,10-14H2,1-2H3,(H,24,25);1H. The maximum atomic E-state index is 12.3. The first-order valence-electron chi connectivity index (χ1n) is 10.5. The van der Waals surface area contributed by atoms with E-state index in [1.54, 1.807) is 7.11 Å². The molecule has 0 spiro atoms. The van der Waals surface area contributed by atoms with Crippen LogP contribution in [0.15, 0.2) is 18.2 Å². The Balaban J connectivity index is 0.00000280. The molecule has 1 atom stereocenters. The summed E-state index contributed by atoms with van der Waals surface area (Å²) < 4.78 is 11.6. The van der Waals surface area contributed by atoms with Gasteiger partial charge in [-0.05, 0) is 88.6 Å². The molecule has 0 bridgehead atoms. The van der Waals surface area contributed by atoms with Gasteiger partial charge in [-0.25, -0.2) is 0 Å². The third-order valence-electron chi connectivity index (χ3n) is 5.90. The Morgan fingerprint density at radius 3 is 2.57 bits per heavy atom. The maximum absolute atomic E-state index is 12.3. The van der Waals surface area contributed by atoms with Crippen LogP contribution in [-0.4, -0.2) is 32.2 Å². The van der Waals surface area contributed by atoms with Gasteiger partial charge in [0.2, 0.25) is 5.91 Å². The normalized spacial score (nSPS) is 18.9. The number of carbonyl (C=O) groups is 1. The SMILES string of the molecule is COc1cc(C(C)NC(=O)CCC2CCNCC2)ccc1OC1CCCC1.Cl. The van der Waals surface area contributed by atoms with Gasteiger partial charge in [0, 0.05) is 6.42 Å². The lowest BCUT2D eigenvalue weighted by Gasteiger charge is -2.23. The second-order valence-corrected chi connectivity index (χ2v) is 7.96. The molecular weight excluding hydrogens is 376 g/mol. The lowest BCUT2D eigenvalue weighted by Crippen LogP contribution is -2.30. The summed E-state index contributed by atoms with van der Waals surface area (Å²) in [6.45, 7) is 4.18. The summed E-state index contributed by atoms with van der Waals surface area (Å²) in [5.74, 6) is 2.36. The Kier molecular flexibility index (Phi) is 9.39. The predicted octanol–water partition coefficient (Wildman–Crippen LogP) is 4.40. The van der Waals surface area contributed by atoms with E-state index in [-0.39, 0.29) is 24.4 Å². The highest BCUT2D eigenvalue weighted by Gasteiger charge is 2.20. The van der Waals surface area contributed by atoms with E-state index in [4.69, 9.17) is 9.47 Å². The number of benzene rings is 1. The molecule has 1 aliphatic heterocycles. The van der Waals surface area contributed by atoms with Crippen molar-refractivity contribution in [1.29, 1.82) is 0 Å². The van der Waals surface area contributed by atoms with Gasteiger partial charge in [-0.3, -0.25) is 4.79 Å². The molecule has 2 N–H and O–H groups in total. The summed E-state index contributed by atoms with van der Waals surface area (Å²) in [6.07, 6.45) is 8.98. The van der Waals surface area contributed by atoms with E-state index < -0.39 is 0 Å². The van der Waals surface area contributed by atoms with Crippen LogP contribution in [0, 0.1) is 5.92 Å². The topological polar surface area (TPSA) is 59.6 Å². The molecule has 2 fully saturated rings. The zero-order valence-corrected chi connectivity index (χ0v) is 18.0. The van der Waals surface area contributed by atoms with Crippen LogP contribution in [0.25, 0.3) is 0 Å². The van der Waals surface area contributed by atoms with Crippen molar-refractivity contribution in [2.75, 3.05) is 20.2 Å². The smallest absolute Gasteiger partial charge is 0.220 e. The minimum Gasteiger partial charge on any atom is -0.493 e. The molecule has 6 heteroatoms. The molecule has 0 radical (unpaired) electrons. The number of hydrogen-bond acceptors (Lipinski definition) is 4. The van der Waals surface area contributed by atoms with Crippen LogP contribution in [0.2, 0.25) is 0 Å². The first kappa shape index (κ1) is 22.8. The molecule has 1 amide bonds. The average Bonchev–Trinajstić information content (AvgIpc) is 3.20. The Labute approximate surface area is 175 Å². The van der Waals surface area contributed by atoms with Crippen molar-refractivity contribution in [2.45, 2.75) is 70.4 Å². The zero-order chi connectivity index (χ0) is 19.1. The van der Waals surface area contributed by atoms with E-state index >= 15 is 0 Å². The molecule has 1 saturated carbocycles. The number of rotatable bonds is 8. The largest absolute Gasteiger partial charge is 0.493 e. The van der Waals surface area contributed by atoms with E-state index in [1.807, 2.05) is 25.1 Å². The van der Waals surface area contributed by atoms with Crippen molar-refractivity contribution >= 4 is 18.3 Å². The highest BCUT2D eigenvalue weighted by Crippen LogP contribution is 2.33. The molecule has 1 unspecified atom stereocenters. The van der Waals surface area contributed by atoms with Crippen molar-refractivity contribution in [3.63, 3.8) is 0 Å². The third kappa shape index (κ3) is 6.56. The number of carbonyl (C=O) groups excluding carboxylic acids is 1. The maximum Gasteiger partial charge on any atom is 0.220 e. The highest BCUT2D eigenvalue weighted by atomic mass is 35.5. The molecule has 1 aromatic carbocycles. The molecule has 1 saturated heterocycles. The fraction of sp³-hybridized carbons (Fsp3) is 0.682. The van der Waals surface area contributed by atoms with Gasteiger partial charge in [0.15, 0.2) is 11.5 Å². The molecule has 2 aliphatic rings. The Morgan fingerprint density at radius 1 is 1.18 bits per heavy atom. The first-order chi connectivity index (χ1) is 13.2. The number of methoxy groups -OCH3 is 1. The van der Waals surface area contributed by atoms with E-state index in [0.717, 1.165) is 49.4 Å². The fourth-order valence-corrected chi connectivity index (χ4v) is 4.14. The van der Waals surface area contributed by atoms with Crippen LogP contribution in [0.1, 0.15) is 69.9 Å². The Bertz CT molecular complexity index is 614. The van der Waals surface area contributed by atoms with Crippen molar-refractivity contribution < 1.29 is 14.3 Å². The highest BCUT2D eigenvalue weighted by molar-refractivity contribution is 5.85. The summed E-state index contributed by atoms with van der Waals surface area (Å²) in [6, 6.07) is 5.96. The first-order valence-corrected chi connectivity index (χ1v) is 10.5. The van der Waals surface area contributed by atoms with Crippen LogP contribution in [0.3, 0.4) is 0 Å². The van der Waals surface area contributed by atoms with Gasteiger partial charge in [-0.2, -0.15) is 0 Å². The molecule has 0 aromatic heterocycles. The van der Waals surface area contributed by atoms with Gasteiger partial charge < -0.3 is 20.1 Å². The predicted molar refractivity (Wildman–Crippen MR) is 115 cm³/mol. The van der Waals surface area contributed by atoms with Crippen LogP contribution >= 0.6 is 12.4 Å². The molecule has 1 aliphatic carbocycles. The second kappa shape index (κ2) is 11.5. The molecule has 3 rings (SSSR count). The summed E-state index contributed by atoms with van der Waals surface area (Å²) in [4.78, 5) is 12.3.